The molecule has 2 fully saturated rings. The van der Waals surface area contributed by atoms with Crippen LogP contribution in [0.5, 0.6) is 0 Å². The lowest BCUT2D eigenvalue weighted by Gasteiger charge is -2.33. The van der Waals surface area contributed by atoms with E-state index in [1.807, 2.05) is 13.8 Å². The predicted octanol–water partition coefficient (Wildman–Crippen LogP) is 0.815. The number of fused-ring (bicyclic) bond motifs is 2. The summed E-state index contributed by atoms with van der Waals surface area (Å²) in [6.45, 7) is 3.99. The lowest BCUT2D eigenvalue weighted by molar-refractivity contribution is -0.125. The first-order valence-electron chi connectivity index (χ1n) is 5.13. The second-order valence-corrected chi connectivity index (χ2v) is 6.75. The van der Waals surface area contributed by atoms with E-state index in [9.17, 15) is 13.6 Å². The van der Waals surface area contributed by atoms with Gasteiger partial charge in [0.25, 0.3) is 0 Å². The van der Waals surface area contributed by atoms with E-state index in [2.05, 4.69) is 0 Å². The second kappa shape index (κ2) is 2.84. The number of hydrogen-bond donors (Lipinski definition) is 2. The molecule has 3 N–H and O–H groups in total. The van der Waals surface area contributed by atoms with E-state index in [1.165, 1.54) is 5.37 Å². The summed E-state index contributed by atoms with van der Waals surface area (Å²) in [4.78, 5) is 11.9. The van der Waals surface area contributed by atoms with E-state index in [4.69, 9.17) is 5.14 Å². The Labute approximate surface area is 90.2 Å². The molecule has 2 bridgehead atoms. The van der Waals surface area contributed by atoms with Crippen molar-refractivity contribution in [3.63, 3.8) is 0 Å². The highest BCUT2D eigenvalue weighted by atomic mass is 32.2. The summed E-state index contributed by atoms with van der Waals surface area (Å²) >= 11 is 0. The van der Waals surface area contributed by atoms with Gasteiger partial charge in [-0.1, -0.05) is 13.8 Å². The van der Waals surface area contributed by atoms with Crippen LogP contribution in [0.3, 0.4) is 0 Å². The molecule has 2 saturated carbocycles. The average Bonchev–Trinajstić information content (AvgIpc) is 2.34. The number of rotatable bonds is 1. The van der Waals surface area contributed by atoms with Gasteiger partial charge >= 0.3 is 0 Å². The molecule has 0 aliphatic heterocycles. The first-order valence-corrected chi connectivity index (χ1v) is 6.77. The van der Waals surface area contributed by atoms with Gasteiger partial charge < -0.3 is 4.55 Å². The third-order valence-corrected chi connectivity index (χ3v) is 5.10. The fourth-order valence-electron chi connectivity index (χ4n) is 3.28. The standard InChI is InChI=1S/C10H17NO3S/c1-9(2)7-3-4-10(9,8(12)5-7)6-15(11,13)14/h6-7H,3-5H2,1-2H3,(H3,11,13,14). The smallest absolute Gasteiger partial charge is 0.144 e. The van der Waals surface area contributed by atoms with E-state index in [-0.39, 0.29) is 11.2 Å². The first kappa shape index (κ1) is 11.1. The summed E-state index contributed by atoms with van der Waals surface area (Å²) in [5.41, 5.74) is -0.993. The molecule has 15 heavy (non-hydrogen) atoms. The Balaban J connectivity index is 2.60. The zero-order chi connectivity index (χ0) is 11.5. The highest BCUT2D eigenvalue weighted by molar-refractivity contribution is 7.94. The Morgan fingerprint density at radius 3 is 2.53 bits per heavy atom. The molecule has 2 aliphatic carbocycles. The molecule has 2 aliphatic rings. The number of nitrogens with two attached hydrogens (primary N) is 1. The van der Waals surface area contributed by atoms with Crippen molar-refractivity contribution in [3.8, 4) is 0 Å². The van der Waals surface area contributed by atoms with Crippen molar-refractivity contribution in [3.05, 3.63) is 0 Å². The van der Waals surface area contributed by atoms with E-state index in [1.54, 1.807) is 0 Å². The lowest BCUT2D eigenvalue weighted by Crippen LogP contribution is -2.40. The van der Waals surface area contributed by atoms with Crippen LogP contribution in [0.15, 0.2) is 0 Å². The molecule has 0 aromatic heterocycles. The van der Waals surface area contributed by atoms with Gasteiger partial charge in [0.15, 0.2) is 0 Å². The molecule has 3 unspecified atom stereocenters. The predicted molar refractivity (Wildman–Crippen MR) is 59.6 cm³/mol. The number of ketones is 1. The lowest BCUT2D eigenvalue weighted by atomic mass is 9.70. The fourth-order valence-corrected chi connectivity index (χ4v) is 4.41. The molecule has 5 heteroatoms. The molecule has 0 aromatic carbocycles. The monoisotopic (exact) mass is 231 g/mol. The van der Waals surface area contributed by atoms with Crippen molar-refractivity contribution in [2.45, 2.75) is 33.1 Å². The topological polar surface area (TPSA) is 80.4 Å². The Hall–Kier alpha value is -0.390. The minimum atomic E-state index is -3.45. The van der Waals surface area contributed by atoms with Gasteiger partial charge in [-0.05, 0) is 24.2 Å². The number of hydrogen-bond acceptors (Lipinski definition) is 2. The maximum atomic E-state index is 11.9. The van der Waals surface area contributed by atoms with Crippen molar-refractivity contribution in [1.82, 2.24) is 0 Å². The summed E-state index contributed by atoms with van der Waals surface area (Å²) in [5.74, 6) is 0.416. The minimum Gasteiger partial charge on any atom is -0.303 e. The van der Waals surface area contributed by atoms with Crippen molar-refractivity contribution in [2.24, 2.45) is 21.9 Å². The molecular formula is C10H17NO3S. The zero-order valence-corrected chi connectivity index (χ0v) is 9.84. The van der Waals surface area contributed by atoms with Crippen LogP contribution in [-0.2, 0) is 14.8 Å². The quantitative estimate of drug-likeness (QED) is 0.655. The van der Waals surface area contributed by atoms with Gasteiger partial charge in [-0.3, -0.25) is 4.79 Å². The highest BCUT2D eigenvalue weighted by Gasteiger charge is 2.63. The van der Waals surface area contributed by atoms with E-state index in [0.717, 1.165) is 6.42 Å². The van der Waals surface area contributed by atoms with Crippen LogP contribution in [0.25, 0.3) is 0 Å². The van der Waals surface area contributed by atoms with Gasteiger partial charge in [0.2, 0.25) is 0 Å². The average molecular weight is 231 g/mol. The van der Waals surface area contributed by atoms with Gasteiger partial charge in [-0.2, -0.15) is 0 Å². The third kappa shape index (κ3) is 1.37. The first-order chi connectivity index (χ1) is 6.69. The molecule has 2 rings (SSSR count). The molecule has 0 aromatic rings. The van der Waals surface area contributed by atoms with Gasteiger partial charge in [0.1, 0.15) is 15.8 Å². The SMILES string of the molecule is CC1(C)C2CCC1(C=S(N)(=O)O)C(=O)C2. The maximum absolute atomic E-state index is 11.9. The molecule has 4 nitrogen and oxygen atoms in total. The van der Waals surface area contributed by atoms with Crippen LogP contribution in [0.1, 0.15) is 33.1 Å². The van der Waals surface area contributed by atoms with Crippen LogP contribution >= 0.6 is 0 Å². The van der Waals surface area contributed by atoms with Crippen LogP contribution in [0.2, 0.25) is 0 Å². The van der Waals surface area contributed by atoms with Crippen LogP contribution in [0, 0.1) is 16.7 Å². The zero-order valence-electron chi connectivity index (χ0n) is 9.03. The molecule has 0 saturated heterocycles. The van der Waals surface area contributed by atoms with Crippen LogP contribution < -0.4 is 5.14 Å². The number of Topliss-reactive ketones (excluding diaryl/α,β-unsaturated/α-hetero) is 1. The Morgan fingerprint density at radius 2 is 2.20 bits per heavy atom. The summed E-state index contributed by atoms with van der Waals surface area (Å²) in [6.07, 6.45) is 2.14. The molecule has 86 valence electrons. The number of carbonyl (C=O) groups excluding carboxylic acids is 1. The van der Waals surface area contributed by atoms with E-state index < -0.39 is 15.4 Å². The summed E-state index contributed by atoms with van der Waals surface area (Å²) in [6, 6.07) is 0. The largest absolute Gasteiger partial charge is 0.303 e. The normalized spacial score (nSPS) is 41.6. The molecule has 0 spiro atoms. The Kier molecular flexibility index (Phi) is 2.10. The summed E-state index contributed by atoms with van der Waals surface area (Å²) in [5, 5.41) is 6.36. The van der Waals surface area contributed by atoms with Crippen molar-refractivity contribution in [1.29, 1.82) is 0 Å². The van der Waals surface area contributed by atoms with Gasteiger partial charge in [0.05, 0.1) is 5.41 Å². The molecule has 0 amide bonds. The van der Waals surface area contributed by atoms with Crippen molar-refractivity contribution >= 4 is 21.1 Å². The Bertz CT molecular complexity index is 426. The highest BCUT2D eigenvalue weighted by Crippen LogP contribution is 2.62. The maximum Gasteiger partial charge on any atom is 0.144 e. The second-order valence-electron chi connectivity index (χ2n) is 5.29. The van der Waals surface area contributed by atoms with Crippen LogP contribution in [0.4, 0.5) is 0 Å². The minimum absolute atomic E-state index is 0.0796. The van der Waals surface area contributed by atoms with Crippen molar-refractivity contribution in [2.75, 3.05) is 0 Å². The van der Waals surface area contributed by atoms with Gasteiger partial charge in [0, 0.05) is 11.8 Å². The van der Waals surface area contributed by atoms with Crippen molar-refractivity contribution < 1.29 is 13.6 Å². The number of carbonyl (C=O) groups is 1. The summed E-state index contributed by atoms with van der Waals surface area (Å²) in [7, 11) is -3.45. The molecule has 0 radical (unpaired) electrons. The van der Waals surface area contributed by atoms with Gasteiger partial charge in [-0.25, -0.2) is 9.35 Å². The fraction of sp³-hybridized carbons (Fsp3) is 0.800. The molecule has 0 heterocycles. The van der Waals surface area contributed by atoms with E-state index in [0.29, 0.717) is 18.8 Å². The summed E-state index contributed by atoms with van der Waals surface area (Å²) < 4.78 is 20.5. The van der Waals surface area contributed by atoms with Gasteiger partial charge in [-0.15, -0.1) is 0 Å². The third-order valence-electron chi connectivity index (χ3n) is 4.36. The Morgan fingerprint density at radius 1 is 1.60 bits per heavy atom. The molecular weight excluding hydrogens is 214 g/mol. The van der Waals surface area contributed by atoms with E-state index >= 15 is 0 Å². The van der Waals surface area contributed by atoms with Crippen LogP contribution in [-0.4, -0.2) is 19.9 Å². The molecule has 3 atom stereocenters.